The molecule has 1 heterocycles. The molecule has 1 N–H and O–H groups in total. The summed E-state index contributed by atoms with van der Waals surface area (Å²) in [5.74, 6) is 1.28. The number of nitrogens with one attached hydrogen (secondary N) is 1. The molecule has 1 atom stereocenters. The van der Waals surface area contributed by atoms with E-state index >= 15 is 0 Å². The quantitative estimate of drug-likeness (QED) is 0.918. The summed E-state index contributed by atoms with van der Waals surface area (Å²) in [4.78, 5) is 11.8. The second-order valence-corrected chi connectivity index (χ2v) is 6.19. The minimum absolute atomic E-state index is 0.0656. The Morgan fingerprint density at radius 2 is 2.16 bits per heavy atom. The maximum absolute atomic E-state index is 11.8. The molecular weight excluding hydrogens is 256 g/mol. The summed E-state index contributed by atoms with van der Waals surface area (Å²) >= 11 is 1.97. The Kier molecular flexibility index (Phi) is 5.29. The van der Waals surface area contributed by atoms with Gasteiger partial charge in [0.2, 0.25) is 5.91 Å². The third-order valence-electron chi connectivity index (χ3n) is 3.25. The van der Waals surface area contributed by atoms with Crippen LogP contribution in [0.2, 0.25) is 0 Å². The zero-order valence-corrected chi connectivity index (χ0v) is 11.7. The number of nitrogens with zero attached hydrogens (tertiary/aromatic N) is 1. The Labute approximate surface area is 118 Å². The van der Waals surface area contributed by atoms with Gasteiger partial charge in [-0.25, -0.2) is 0 Å². The van der Waals surface area contributed by atoms with Crippen molar-refractivity contribution in [3.63, 3.8) is 0 Å². The van der Waals surface area contributed by atoms with Crippen LogP contribution < -0.4 is 5.32 Å². The van der Waals surface area contributed by atoms with Crippen LogP contribution in [0.4, 0.5) is 0 Å². The third kappa shape index (κ3) is 4.60. The molecule has 0 radical (unpaired) electrons. The van der Waals surface area contributed by atoms with Crippen molar-refractivity contribution in [1.82, 2.24) is 5.32 Å². The average molecular weight is 274 g/mol. The Morgan fingerprint density at radius 1 is 1.37 bits per heavy atom. The molecular formula is C15H18N2OS. The molecule has 1 fully saturated rings. The molecule has 19 heavy (non-hydrogen) atoms. The lowest BCUT2D eigenvalue weighted by atomic mass is 10.1. The molecule has 4 heteroatoms. The van der Waals surface area contributed by atoms with Crippen molar-refractivity contribution in [3.8, 4) is 6.07 Å². The van der Waals surface area contributed by atoms with Gasteiger partial charge in [-0.2, -0.15) is 17.0 Å². The lowest BCUT2D eigenvalue weighted by molar-refractivity contribution is -0.120. The van der Waals surface area contributed by atoms with Crippen molar-refractivity contribution in [2.24, 2.45) is 0 Å². The van der Waals surface area contributed by atoms with E-state index in [9.17, 15) is 4.79 Å². The molecule has 0 aliphatic carbocycles. The van der Waals surface area contributed by atoms with Crippen molar-refractivity contribution in [3.05, 3.63) is 35.4 Å². The summed E-state index contributed by atoms with van der Waals surface area (Å²) in [7, 11) is 0. The third-order valence-corrected chi connectivity index (χ3v) is 4.65. The lowest BCUT2D eigenvalue weighted by Gasteiger charge is -2.21. The molecule has 1 aromatic rings. The summed E-state index contributed by atoms with van der Waals surface area (Å²) in [5.41, 5.74) is 1.58. The van der Waals surface area contributed by atoms with Gasteiger partial charge in [0.1, 0.15) is 0 Å². The molecule has 1 aliphatic rings. The molecule has 0 bridgehead atoms. The predicted molar refractivity (Wildman–Crippen MR) is 78.0 cm³/mol. The molecule has 3 nitrogen and oxygen atoms in total. The average Bonchev–Trinajstić information content (AvgIpc) is 2.47. The van der Waals surface area contributed by atoms with Gasteiger partial charge < -0.3 is 5.32 Å². The van der Waals surface area contributed by atoms with Crippen LogP contribution in [0.1, 0.15) is 30.4 Å². The fraction of sp³-hybridized carbons (Fsp3) is 0.467. The number of carbonyl (C=O) groups is 1. The van der Waals surface area contributed by atoms with E-state index in [-0.39, 0.29) is 5.91 Å². The SMILES string of the molecule is N#Cc1ccc(CC(=O)NCC2CCCCS2)cc1. The largest absolute Gasteiger partial charge is 0.355 e. The van der Waals surface area contributed by atoms with Gasteiger partial charge in [-0.05, 0) is 36.3 Å². The summed E-state index contributed by atoms with van der Waals surface area (Å²) in [6.45, 7) is 0.778. The van der Waals surface area contributed by atoms with Gasteiger partial charge in [-0.3, -0.25) is 4.79 Å². The number of nitriles is 1. The summed E-state index contributed by atoms with van der Waals surface area (Å²) in [6.07, 6.45) is 4.19. The van der Waals surface area contributed by atoms with Gasteiger partial charge in [-0.15, -0.1) is 0 Å². The standard InChI is InChI=1S/C15H18N2OS/c16-10-13-6-4-12(5-7-13)9-15(18)17-11-14-3-1-2-8-19-14/h4-7,14H,1-3,8-9,11H2,(H,17,18). The van der Waals surface area contributed by atoms with Crippen molar-refractivity contribution in [2.75, 3.05) is 12.3 Å². The molecule has 2 rings (SSSR count). The number of benzene rings is 1. The molecule has 1 unspecified atom stereocenters. The van der Waals surface area contributed by atoms with Crippen LogP contribution in [0.3, 0.4) is 0 Å². The maximum Gasteiger partial charge on any atom is 0.224 e. The van der Waals surface area contributed by atoms with Crippen LogP contribution in [0, 0.1) is 11.3 Å². The second kappa shape index (κ2) is 7.20. The van der Waals surface area contributed by atoms with Gasteiger partial charge in [0.15, 0.2) is 0 Å². The van der Waals surface area contributed by atoms with Crippen LogP contribution in [0.25, 0.3) is 0 Å². The zero-order chi connectivity index (χ0) is 13.5. The van der Waals surface area contributed by atoms with Crippen LogP contribution in [-0.4, -0.2) is 23.5 Å². The Balaban J connectivity index is 1.75. The van der Waals surface area contributed by atoms with E-state index in [0.717, 1.165) is 12.1 Å². The van der Waals surface area contributed by atoms with Gasteiger partial charge in [0.05, 0.1) is 18.1 Å². The normalized spacial score (nSPS) is 18.6. The minimum Gasteiger partial charge on any atom is -0.355 e. The zero-order valence-electron chi connectivity index (χ0n) is 10.9. The van der Waals surface area contributed by atoms with E-state index in [2.05, 4.69) is 11.4 Å². The summed E-state index contributed by atoms with van der Waals surface area (Å²) in [5, 5.41) is 12.3. The highest BCUT2D eigenvalue weighted by atomic mass is 32.2. The fourth-order valence-electron chi connectivity index (χ4n) is 2.14. The second-order valence-electron chi connectivity index (χ2n) is 4.78. The molecule has 0 aromatic heterocycles. The van der Waals surface area contributed by atoms with E-state index in [1.165, 1.54) is 25.0 Å². The highest BCUT2D eigenvalue weighted by Gasteiger charge is 2.14. The van der Waals surface area contributed by atoms with Gasteiger partial charge in [0.25, 0.3) is 0 Å². The van der Waals surface area contributed by atoms with Crippen LogP contribution in [-0.2, 0) is 11.2 Å². The van der Waals surface area contributed by atoms with Crippen molar-refractivity contribution in [2.45, 2.75) is 30.9 Å². The molecule has 1 amide bonds. The first-order valence-corrected chi connectivity index (χ1v) is 7.70. The van der Waals surface area contributed by atoms with Crippen molar-refractivity contribution < 1.29 is 4.79 Å². The topological polar surface area (TPSA) is 52.9 Å². The number of carbonyl (C=O) groups excluding carboxylic acids is 1. The molecule has 100 valence electrons. The smallest absolute Gasteiger partial charge is 0.224 e. The molecule has 1 saturated heterocycles. The first kappa shape index (κ1) is 14.0. The Bertz CT molecular complexity index is 458. The summed E-state index contributed by atoms with van der Waals surface area (Å²) < 4.78 is 0. The predicted octanol–water partition coefficient (Wildman–Crippen LogP) is 2.50. The number of hydrogen-bond donors (Lipinski definition) is 1. The minimum atomic E-state index is 0.0656. The van der Waals surface area contributed by atoms with Crippen molar-refractivity contribution >= 4 is 17.7 Å². The highest BCUT2D eigenvalue weighted by molar-refractivity contribution is 7.99. The van der Waals surface area contributed by atoms with E-state index in [0.29, 0.717) is 17.2 Å². The number of rotatable bonds is 4. The van der Waals surface area contributed by atoms with Crippen LogP contribution in [0.15, 0.2) is 24.3 Å². The molecule has 0 saturated carbocycles. The van der Waals surface area contributed by atoms with E-state index in [1.54, 1.807) is 12.1 Å². The summed E-state index contributed by atoms with van der Waals surface area (Å²) in [6, 6.07) is 9.25. The molecule has 1 aromatic carbocycles. The van der Waals surface area contributed by atoms with Crippen LogP contribution in [0.5, 0.6) is 0 Å². The molecule has 0 spiro atoms. The Morgan fingerprint density at radius 3 is 2.79 bits per heavy atom. The van der Waals surface area contributed by atoms with E-state index < -0.39 is 0 Å². The number of thioether (sulfide) groups is 1. The van der Waals surface area contributed by atoms with E-state index in [1.807, 2.05) is 23.9 Å². The van der Waals surface area contributed by atoms with Gasteiger partial charge >= 0.3 is 0 Å². The maximum atomic E-state index is 11.8. The number of amides is 1. The number of hydrogen-bond acceptors (Lipinski definition) is 3. The highest BCUT2D eigenvalue weighted by Crippen LogP contribution is 2.24. The first-order chi connectivity index (χ1) is 9.28. The lowest BCUT2D eigenvalue weighted by Crippen LogP contribution is -2.32. The monoisotopic (exact) mass is 274 g/mol. The first-order valence-electron chi connectivity index (χ1n) is 6.65. The fourth-order valence-corrected chi connectivity index (χ4v) is 3.38. The van der Waals surface area contributed by atoms with Gasteiger partial charge in [0, 0.05) is 11.8 Å². The molecule has 1 aliphatic heterocycles. The van der Waals surface area contributed by atoms with Gasteiger partial charge in [-0.1, -0.05) is 18.6 Å². The van der Waals surface area contributed by atoms with Crippen LogP contribution >= 0.6 is 11.8 Å². The Hall–Kier alpha value is -1.47. The van der Waals surface area contributed by atoms with E-state index in [4.69, 9.17) is 5.26 Å². The van der Waals surface area contributed by atoms with Crippen molar-refractivity contribution in [1.29, 1.82) is 5.26 Å².